The topological polar surface area (TPSA) is 69.6 Å². The minimum Gasteiger partial charge on any atom is -0.394 e. The van der Waals surface area contributed by atoms with Crippen LogP contribution in [-0.4, -0.2) is 34.9 Å². The Morgan fingerprint density at radius 1 is 1.00 bits per heavy atom. The third-order valence-electron chi connectivity index (χ3n) is 5.14. The van der Waals surface area contributed by atoms with Gasteiger partial charge < -0.3 is 15.5 Å². The van der Waals surface area contributed by atoms with E-state index in [1.165, 1.54) is 83.1 Å². The molecule has 1 aliphatic carbocycles. The van der Waals surface area contributed by atoms with Crippen LogP contribution in [0.1, 0.15) is 97.3 Å². The van der Waals surface area contributed by atoms with Crippen molar-refractivity contribution in [3.8, 4) is 0 Å². The average molecular weight is 354 g/mol. The third-order valence-corrected chi connectivity index (χ3v) is 5.14. The molecule has 1 amide bonds. The number of aliphatic hydroxyl groups is 2. The fourth-order valence-corrected chi connectivity index (χ4v) is 3.48. The van der Waals surface area contributed by atoms with Gasteiger partial charge in [-0.2, -0.15) is 0 Å². The van der Waals surface area contributed by atoms with Gasteiger partial charge >= 0.3 is 0 Å². The fraction of sp³-hybridized carbons (Fsp3) is 0.857. The molecule has 25 heavy (non-hydrogen) atoms. The molecule has 0 saturated carbocycles. The van der Waals surface area contributed by atoms with Crippen LogP contribution in [-0.2, 0) is 4.79 Å². The van der Waals surface area contributed by atoms with Crippen molar-refractivity contribution in [2.24, 2.45) is 0 Å². The predicted octanol–water partition coefficient (Wildman–Crippen LogP) is 4.25. The smallest absolute Gasteiger partial charge is 0.217 e. The van der Waals surface area contributed by atoms with Crippen LogP contribution in [0.15, 0.2) is 11.1 Å². The van der Waals surface area contributed by atoms with Gasteiger partial charge in [-0.3, -0.25) is 4.79 Å². The van der Waals surface area contributed by atoms with Gasteiger partial charge in [-0.25, -0.2) is 0 Å². The van der Waals surface area contributed by atoms with Crippen molar-refractivity contribution in [2.45, 2.75) is 109 Å². The molecule has 0 fully saturated rings. The first-order valence-electron chi connectivity index (χ1n) is 10.4. The molecule has 2 atom stereocenters. The van der Waals surface area contributed by atoms with Gasteiger partial charge in [0, 0.05) is 6.92 Å². The molecule has 0 unspecified atom stereocenters. The summed E-state index contributed by atoms with van der Waals surface area (Å²) in [5.41, 5.74) is 2.35. The molecule has 0 radical (unpaired) electrons. The maximum Gasteiger partial charge on any atom is 0.217 e. The molecule has 1 rings (SSSR count). The number of allylic oxidation sites excluding steroid dienone is 1. The van der Waals surface area contributed by atoms with Gasteiger partial charge in [-0.15, -0.1) is 0 Å². The maximum absolute atomic E-state index is 11.1. The summed E-state index contributed by atoms with van der Waals surface area (Å²) in [6, 6.07) is -0.567. The zero-order valence-corrected chi connectivity index (χ0v) is 16.4. The van der Waals surface area contributed by atoms with Gasteiger partial charge in [0.25, 0.3) is 0 Å². The highest BCUT2D eigenvalue weighted by atomic mass is 16.3. The SMILES string of the molecule is CCCCCCCCCCCCCC1=C([C@@H](O)[C@H](CO)NC(C)=O)C1. The van der Waals surface area contributed by atoms with Gasteiger partial charge in [0.2, 0.25) is 5.91 Å². The second-order valence-electron chi connectivity index (χ2n) is 7.53. The lowest BCUT2D eigenvalue weighted by molar-refractivity contribution is -0.120. The lowest BCUT2D eigenvalue weighted by atomic mass is 10.0. The summed E-state index contributed by atoms with van der Waals surface area (Å²) in [7, 11) is 0. The third kappa shape index (κ3) is 10.0. The van der Waals surface area contributed by atoms with E-state index >= 15 is 0 Å². The molecule has 1 aliphatic rings. The summed E-state index contributed by atoms with van der Waals surface area (Å²) in [5.74, 6) is -0.216. The quantitative estimate of drug-likeness (QED) is 0.287. The van der Waals surface area contributed by atoms with E-state index in [9.17, 15) is 15.0 Å². The summed E-state index contributed by atoms with van der Waals surface area (Å²) in [5, 5.41) is 22.1. The maximum atomic E-state index is 11.1. The molecule has 146 valence electrons. The van der Waals surface area contributed by atoms with Gasteiger partial charge in [0.15, 0.2) is 0 Å². The Balaban J connectivity index is 2.01. The lowest BCUT2D eigenvalue weighted by Gasteiger charge is -2.19. The van der Waals surface area contributed by atoms with Crippen molar-refractivity contribution >= 4 is 5.91 Å². The molecule has 0 aromatic rings. The Hall–Kier alpha value is -0.870. The minimum atomic E-state index is -0.725. The van der Waals surface area contributed by atoms with Crippen molar-refractivity contribution in [3.63, 3.8) is 0 Å². The second kappa shape index (κ2) is 13.3. The number of carbonyl (C=O) groups is 1. The monoisotopic (exact) mass is 353 g/mol. The number of hydrogen-bond acceptors (Lipinski definition) is 3. The van der Waals surface area contributed by atoms with Crippen molar-refractivity contribution < 1.29 is 15.0 Å². The lowest BCUT2D eigenvalue weighted by Crippen LogP contribution is -2.44. The number of hydrogen-bond donors (Lipinski definition) is 3. The van der Waals surface area contributed by atoms with E-state index in [-0.39, 0.29) is 12.5 Å². The molecular weight excluding hydrogens is 314 g/mol. The Morgan fingerprint density at radius 3 is 2.00 bits per heavy atom. The average Bonchev–Trinajstić information content (AvgIpc) is 3.36. The minimum absolute atomic E-state index is 0.216. The molecule has 0 spiro atoms. The summed E-state index contributed by atoms with van der Waals surface area (Å²) < 4.78 is 0. The van der Waals surface area contributed by atoms with Crippen LogP contribution < -0.4 is 5.32 Å². The fourth-order valence-electron chi connectivity index (χ4n) is 3.48. The predicted molar refractivity (Wildman–Crippen MR) is 103 cm³/mol. The summed E-state index contributed by atoms with van der Waals surface area (Å²) in [6.07, 6.45) is 16.0. The van der Waals surface area contributed by atoms with E-state index in [0.717, 1.165) is 18.4 Å². The Morgan fingerprint density at radius 2 is 1.52 bits per heavy atom. The molecule has 3 N–H and O–H groups in total. The van der Waals surface area contributed by atoms with E-state index in [1.54, 1.807) is 0 Å². The van der Waals surface area contributed by atoms with Crippen molar-refractivity contribution in [1.82, 2.24) is 5.32 Å². The molecule has 4 nitrogen and oxygen atoms in total. The molecule has 0 heterocycles. The van der Waals surface area contributed by atoms with E-state index in [2.05, 4.69) is 12.2 Å². The molecule has 0 saturated heterocycles. The summed E-state index contributed by atoms with van der Waals surface area (Å²) >= 11 is 0. The Kier molecular flexibility index (Phi) is 11.8. The number of carbonyl (C=O) groups excluding carboxylic acids is 1. The van der Waals surface area contributed by atoms with Crippen molar-refractivity contribution in [2.75, 3.05) is 6.61 Å². The van der Waals surface area contributed by atoms with Gasteiger partial charge in [0.05, 0.1) is 18.8 Å². The normalized spacial score (nSPS) is 16.0. The highest BCUT2D eigenvalue weighted by Crippen LogP contribution is 2.38. The van der Waals surface area contributed by atoms with Crippen LogP contribution in [0.3, 0.4) is 0 Å². The van der Waals surface area contributed by atoms with Crippen molar-refractivity contribution in [3.05, 3.63) is 11.1 Å². The van der Waals surface area contributed by atoms with Crippen molar-refractivity contribution in [1.29, 1.82) is 0 Å². The molecule has 4 heteroatoms. The Labute approximate surface area is 154 Å². The Bertz CT molecular complexity index is 406. The van der Waals surface area contributed by atoms with Crippen LogP contribution in [0.2, 0.25) is 0 Å². The van der Waals surface area contributed by atoms with E-state index in [0.29, 0.717) is 0 Å². The summed E-state index contributed by atoms with van der Waals surface area (Å²) in [4.78, 5) is 11.1. The first-order chi connectivity index (χ1) is 12.1. The first-order valence-corrected chi connectivity index (χ1v) is 10.4. The number of nitrogens with one attached hydrogen (secondary N) is 1. The second-order valence-corrected chi connectivity index (χ2v) is 7.53. The number of amides is 1. The van der Waals surface area contributed by atoms with E-state index in [1.807, 2.05) is 0 Å². The van der Waals surface area contributed by atoms with Crippen LogP contribution in [0, 0.1) is 0 Å². The number of unbranched alkanes of at least 4 members (excludes halogenated alkanes) is 10. The highest BCUT2D eigenvalue weighted by molar-refractivity contribution is 5.73. The van der Waals surface area contributed by atoms with Crippen LogP contribution >= 0.6 is 0 Å². The standard InChI is InChI=1S/C21H39NO3/c1-3-4-5-6-7-8-9-10-11-12-13-14-18-15-19(18)21(25)20(16-23)22-17(2)24/h20-21,23,25H,3-16H2,1-2H3,(H,22,24)/t20-,21+/m0/s1. The summed E-state index contributed by atoms with van der Waals surface area (Å²) in [6.45, 7) is 3.44. The van der Waals surface area contributed by atoms with E-state index in [4.69, 9.17) is 0 Å². The molecule has 0 aromatic heterocycles. The zero-order valence-electron chi connectivity index (χ0n) is 16.4. The van der Waals surface area contributed by atoms with Crippen LogP contribution in [0.5, 0.6) is 0 Å². The van der Waals surface area contributed by atoms with Crippen LogP contribution in [0.4, 0.5) is 0 Å². The number of rotatable bonds is 16. The molecule has 0 aromatic carbocycles. The molecule has 0 bridgehead atoms. The van der Waals surface area contributed by atoms with Gasteiger partial charge in [0.1, 0.15) is 0 Å². The van der Waals surface area contributed by atoms with E-state index < -0.39 is 12.1 Å². The highest BCUT2D eigenvalue weighted by Gasteiger charge is 2.32. The zero-order chi connectivity index (χ0) is 18.5. The van der Waals surface area contributed by atoms with Gasteiger partial charge in [-0.1, -0.05) is 76.7 Å². The molecular formula is C21H39NO3. The first kappa shape index (κ1) is 22.2. The number of aliphatic hydroxyl groups excluding tert-OH is 2. The molecule has 0 aliphatic heterocycles. The van der Waals surface area contributed by atoms with Crippen LogP contribution in [0.25, 0.3) is 0 Å². The largest absolute Gasteiger partial charge is 0.394 e. The van der Waals surface area contributed by atoms with Gasteiger partial charge in [-0.05, 0) is 24.8 Å².